The zero-order valence-corrected chi connectivity index (χ0v) is 14.9. The van der Waals surface area contributed by atoms with E-state index in [2.05, 4.69) is 4.74 Å². The number of amides is 3. The quantitative estimate of drug-likeness (QED) is 0.737. The van der Waals surface area contributed by atoms with Crippen LogP contribution in [0.4, 0.5) is 13.2 Å². The van der Waals surface area contributed by atoms with Crippen molar-refractivity contribution in [2.24, 2.45) is 0 Å². The van der Waals surface area contributed by atoms with Crippen molar-refractivity contribution in [3.63, 3.8) is 0 Å². The summed E-state index contributed by atoms with van der Waals surface area (Å²) in [6, 6.07) is 4.58. The van der Waals surface area contributed by atoms with Gasteiger partial charge in [-0.1, -0.05) is 6.07 Å². The lowest BCUT2D eigenvalue weighted by Gasteiger charge is -2.41. The number of ether oxygens (including phenoxy) is 1. The first kappa shape index (κ1) is 18.8. The van der Waals surface area contributed by atoms with Crippen molar-refractivity contribution >= 4 is 17.7 Å². The molecule has 6 nitrogen and oxygen atoms in total. The number of hydrogen-bond donors (Lipinski definition) is 0. The maximum absolute atomic E-state index is 13.0. The molecule has 1 aromatic carbocycles. The number of alkyl halides is 3. The molecule has 3 fully saturated rings. The minimum atomic E-state index is -4.83. The van der Waals surface area contributed by atoms with E-state index in [1.165, 1.54) is 17.0 Å². The van der Waals surface area contributed by atoms with Crippen LogP contribution in [0.3, 0.4) is 0 Å². The average Bonchev–Trinajstić information content (AvgIpc) is 3.08. The molecule has 1 aromatic rings. The molecule has 0 spiro atoms. The van der Waals surface area contributed by atoms with E-state index in [1.54, 1.807) is 4.90 Å². The Morgan fingerprint density at radius 3 is 2.18 bits per heavy atom. The predicted octanol–water partition coefficient (Wildman–Crippen LogP) is 2.87. The topological polar surface area (TPSA) is 66.9 Å². The molecule has 4 rings (SSSR count). The minimum absolute atomic E-state index is 0.130. The van der Waals surface area contributed by atoms with Crippen molar-refractivity contribution in [2.75, 3.05) is 0 Å². The maximum Gasteiger partial charge on any atom is 0.573 e. The summed E-state index contributed by atoms with van der Waals surface area (Å²) in [6.07, 6.45) is -1.83. The van der Waals surface area contributed by atoms with E-state index in [-0.39, 0.29) is 54.3 Å². The molecular formula is C19H19F3N2O4. The Hall–Kier alpha value is -2.58. The summed E-state index contributed by atoms with van der Waals surface area (Å²) in [6.45, 7) is 0. The number of benzene rings is 1. The Morgan fingerprint density at radius 1 is 1.00 bits per heavy atom. The Balaban J connectivity index is 1.50. The van der Waals surface area contributed by atoms with Gasteiger partial charge in [-0.3, -0.25) is 19.3 Å². The van der Waals surface area contributed by atoms with Gasteiger partial charge in [-0.05, 0) is 43.9 Å². The number of hydrogen-bond acceptors (Lipinski definition) is 4. The van der Waals surface area contributed by atoms with E-state index in [0.29, 0.717) is 12.8 Å². The van der Waals surface area contributed by atoms with Gasteiger partial charge in [0.1, 0.15) is 5.75 Å². The van der Waals surface area contributed by atoms with Gasteiger partial charge in [0.05, 0.1) is 0 Å². The molecule has 0 aromatic heterocycles. The number of rotatable bonds is 3. The third kappa shape index (κ3) is 3.45. The van der Waals surface area contributed by atoms with Crippen LogP contribution in [-0.2, 0) is 9.59 Å². The number of halogens is 3. The fourth-order valence-electron chi connectivity index (χ4n) is 4.67. The molecule has 0 saturated carbocycles. The number of nitrogens with zero attached hydrogens (tertiary/aromatic N) is 2. The van der Waals surface area contributed by atoms with E-state index in [0.717, 1.165) is 25.0 Å². The van der Waals surface area contributed by atoms with Crippen LogP contribution < -0.4 is 4.74 Å². The number of carbonyl (C=O) groups excluding carboxylic acids is 3. The van der Waals surface area contributed by atoms with Gasteiger partial charge in [0.2, 0.25) is 11.8 Å². The van der Waals surface area contributed by atoms with E-state index in [9.17, 15) is 27.6 Å². The first-order valence-electron chi connectivity index (χ1n) is 9.26. The van der Waals surface area contributed by atoms with Gasteiger partial charge >= 0.3 is 6.36 Å². The Labute approximate surface area is 159 Å². The molecule has 0 aliphatic carbocycles. The molecule has 2 atom stereocenters. The fraction of sp³-hybridized carbons (Fsp3) is 0.526. The van der Waals surface area contributed by atoms with Crippen molar-refractivity contribution in [1.82, 2.24) is 9.80 Å². The van der Waals surface area contributed by atoms with Crippen LogP contribution in [0.15, 0.2) is 24.3 Å². The molecule has 0 radical (unpaired) electrons. The molecule has 3 saturated heterocycles. The minimum Gasteiger partial charge on any atom is -0.406 e. The summed E-state index contributed by atoms with van der Waals surface area (Å²) in [4.78, 5) is 40.1. The molecule has 0 N–H and O–H groups in total. The first-order chi connectivity index (χ1) is 13.2. The standard InChI is InChI=1S/C19H19F3N2O4/c20-19(21,22)28-15-3-1-2-11(8-15)18(27)23-12-4-5-13(23)10-14(9-12)24-16(25)6-7-17(24)26/h1-3,8,12-14H,4-7,9-10H2. The highest BCUT2D eigenvalue weighted by Gasteiger charge is 2.48. The SMILES string of the molecule is O=C1CCC(=O)N1C1CC2CCC(C1)N2C(=O)c1cccc(OC(F)(F)F)c1. The van der Waals surface area contributed by atoms with E-state index >= 15 is 0 Å². The number of fused-ring (bicyclic) bond motifs is 2. The van der Waals surface area contributed by atoms with Crippen LogP contribution >= 0.6 is 0 Å². The van der Waals surface area contributed by atoms with E-state index in [4.69, 9.17) is 0 Å². The lowest BCUT2D eigenvalue weighted by molar-refractivity contribution is -0.274. The highest BCUT2D eigenvalue weighted by molar-refractivity contribution is 6.02. The van der Waals surface area contributed by atoms with E-state index in [1.807, 2.05) is 0 Å². The Kier molecular flexibility index (Phi) is 4.55. The molecule has 3 heterocycles. The van der Waals surface area contributed by atoms with Gasteiger partial charge in [0.15, 0.2) is 0 Å². The summed E-state index contributed by atoms with van der Waals surface area (Å²) in [5.41, 5.74) is 0.130. The van der Waals surface area contributed by atoms with Crippen LogP contribution in [0.2, 0.25) is 0 Å². The lowest BCUT2D eigenvalue weighted by atomic mass is 9.95. The van der Waals surface area contributed by atoms with Crippen LogP contribution in [0.1, 0.15) is 48.9 Å². The molecule has 2 bridgehead atoms. The number of carbonyl (C=O) groups is 3. The van der Waals surface area contributed by atoms with Crippen molar-refractivity contribution < 1.29 is 32.3 Å². The van der Waals surface area contributed by atoms with Crippen LogP contribution in [0.25, 0.3) is 0 Å². The second kappa shape index (κ2) is 6.79. The van der Waals surface area contributed by atoms with Gasteiger partial charge in [0.25, 0.3) is 5.91 Å². The summed E-state index contributed by atoms with van der Waals surface area (Å²) < 4.78 is 41.2. The number of likely N-dealkylation sites (tertiary alicyclic amines) is 1. The molecule has 9 heteroatoms. The monoisotopic (exact) mass is 396 g/mol. The van der Waals surface area contributed by atoms with Crippen molar-refractivity contribution in [3.8, 4) is 5.75 Å². The van der Waals surface area contributed by atoms with Gasteiger partial charge in [-0.2, -0.15) is 0 Å². The molecule has 3 aliphatic rings. The van der Waals surface area contributed by atoms with E-state index < -0.39 is 12.1 Å². The third-order valence-electron chi connectivity index (χ3n) is 5.71. The maximum atomic E-state index is 13.0. The molecule has 3 aliphatic heterocycles. The van der Waals surface area contributed by atoms with Gasteiger partial charge in [-0.25, -0.2) is 0 Å². The predicted molar refractivity (Wildman–Crippen MR) is 90.2 cm³/mol. The molecular weight excluding hydrogens is 377 g/mol. The lowest BCUT2D eigenvalue weighted by Crippen LogP contribution is -2.53. The molecule has 150 valence electrons. The van der Waals surface area contributed by atoms with Gasteiger partial charge in [-0.15, -0.1) is 13.2 Å². The van der Waals surface area contributed by atoms with Gasteiger partial charge < -0.3 is 9.64 Å². The summed E-state index contributed by atoms with van der Waals surface area (Å²) >= 11 is 0. The molecule has 28 heavy (non-hydrogen) atoms. The summed E-state index contributed by atoms with van der Waals surface area (Å²) in [7, 11) is 0. The first-order valence-corrected chi connectivity index (χ1v) is 9.26. The third-order valence-corrected chi connectivity index (χ3v) is 5.71. The highest BCUT2D eigenvalue weighted by atomic mass is 19.4. The smallest absolute Gasteiger partial charge is 0.406 e. The summed E-state index contributed by atoms with van der Waals surface area (Å²) in [5, 5.41) is 0. The second-order valence-corrected chi connectivity index (χ2v) is 7.46. The zero-order chi connectivity index (χ0) is 20.1. The second-order valence-electron chi connectivity index (χ2n) is 7.46. The summed E-state index contributed by atoms with van der Waals surface area (Å²) in [5.74, 6) is -1.11. The largest absolute Gasteiger partial charge is 0.573 e. The average molecular weight is 396 g/mol. The molecule has 3 amide bonds. The van der Waals surface area contributed by atoms with Crippen LogP contribution in [-0.4, -0.2) is 52.0 Å². The van der Waals surface area contributed by atoms with Crippen molar-refractivity contribution in [2.45, 2.75) is 63.0 Å². The number of imide groups is 1. The van der Waals surface area contributed by atoms with Gasteiger partial charge in [0, 0.05) is 36.5 Å². The highest BCUT2D eigenvalue weighted by Crippen LogP contribution is 2.40. The van der Waals surface area contributed by atoms with Crippen LogP contribution in [0.5, 0.6) is 5.75 Å². The zero-order valence-electron chi connectivity index (χ0n) is 14.9. The molecule has 2 unspecified atom stereocenters. The normalized spacial score (nSPS) is 27.5. The number of piperidine rings is 1. The van der Waals surface area contributed by atoms with Crippen molar-refractivity contribution in [3.05, 3.63) is 29.8 Å². The Morgan fingerprint density at radius 2 is 1.61 bits per heavy atom. The fourth-order valence-corrected chi connectivity index (χ4v) is 4.67. The van der Waals surface area contributed by atoms with Crippen LogP contribution in [0, 0.1) is 0 Å². The van der Waals surface area contributed by atoms with Crippen molar-refractivity contribution in [1.29, 1.82) is 0 Å². The Bertz CT molecular complexity index is 796.